The molecule has 5 nitrogen and oxygen atoms in total. The molecule has 3 aromatic rings. The molecule has 1 atom stereocenters. The number of hydrogen-bond acceptors (Lipinski definition) is 4. The number of carbonyl (C=O) groups is 1. The molecule has 0 unspecified atom stereocenters. The van der Waals surface area contributed by atoms with Gasteiger partial charge < -0.3 is 15.3 Å². The summed E-state index contributed by atoms with van der Waals surface area (Å²) >= 11 is 8.10. The van der Waals surface area contributed by atoms with Crippen LogP contribution in [0.4, 0.5) is 9.93 Å². The molecule has 34 heavy (non-hydrogen) atoms. The Morgan fingerprint density at radius 1 is 1.21 bits per heavy atom. The van der Waals surface area contributed by atoms with Crippen molar-refractivity contribution < 1.29 is 9.90 Å². The lowest BCUT2D eigenvalue weighted by atomic mass is 9.66. The van der Waals surface area contributed by atoms with Gasteiger partial charge in [0.25, 0.3) is 0 Å². The topological polar surface area (TPSA) is 65.5 Å². The van der Waals surface area contributed by atoms with Crippen molar-refractivity contribution in [2.45, 2.75) is 51.0 Å². The smallest absolute Gasteiger partial charge is 0.405 e. The van der Waals surface area contributed by atoms with E-state index in [1.807, 2.05) is 44.3 Å². The maximum atomic E-state index is 11.4. The normalized spacial score (nSPS) is 19.3. The van der Waals surface area contributed by atoms with Crippen LogP contribution < -0.4 is 10.2 Å². The van der Waals surface area contributed by atoms with Crippen LogP contribution in [-0.4, -0.2) is 34.8 Å². The zero-order valence-electron chi connectivity index (χ0n) is 19.6. The summed E-state index contributed by atoms with van der Waals surface area (Å²) in [4.78, 5) is 19.6. The van der Waals surface area contributed by atoms with Gasteiger partial charge >= 0.3 is 6.09 Å². The average Bonchev–Trinajstić information content (AvgIpc) is 3.38. The second-order valence-corrected chi connectivity index (χ2v) is 11.7. The quantitative estimate of drug-likeness (QED) is 0.407. The highest BCUT2D eigenvalue weighted by Gasteiger charge is 2.49. The molecule has 1 aromatic heterocycles. The Morgan fingerprint density at radius 2 is 1.91 bits per heavy atom. The van der Waals surface area contributed by atoms with Crippen LogP contribution in [0.2, 0.25) is 5.02 Å². The Labute approximate surface area is 209 Å². The van der Waals surface area contributed by atoms with Crippen LogP contribution in [0.3, 0.4) is 0 Å². The third-order valence-electron chi connectivity index (χ3n) is 7.53. The zero-order chi connectivity index (χ0) is 23.9. The molecule has 1 spiro atoms. The van der Waals surface area contributed by atoms with Gasteiger partial charge in [0.2, 0.25) is 0 Å². The Balaban J connectivity index is 1.36. The van der Waals surface area contributed by atoms with Crippen molar-refractivity contribution in [2.24, 2.45) is 5.41 Å². The van der Waals surface area contributed by atoms with Crippen LogP contribution in [-0.2, 0) is 6.42 Å². The minimum Gasteiger partial charge on any atom is -0.465 e. The van der Waals surface area contributed by atoms with Crippen molar-refractivity contribution in [3.05, 3.63) is 70.9 Å². The van der Waals surface area contributed by atoms with E-state index in [4.69, 9.17) is 16.6 Å². The molecule has 1 amide bonds. The maximum Gasteiger partial charge on any atom is 0.405 e. The molecule has 2 N–H and O–H groups in total. The average molecular weight is 496 g/mol. The van der Waals surface area contributed by atoms with Gasteiger partial charge in [-0.2, -0.15) is 0 Å². The number of halogens is 1. The number of thiazole rings is 1. The molecule has 2 aliphatic rings. The second kappa shape index (κ2) is 8.90. The molecule has 0 bridgehead atoms. The van der Waals surface area contributed by atoms with E-state index in [9.17, 15) is 9.90 Å². The fourth-order valence-electron chi connectivity index (χ4n) is 5.91. The van der Waals surface area contributed by atoms with Gasteiger partial charge in [0.05, 0.1) is 4.88 Å². The Bertz CT molecular complexity index is 1200. The number of carboxylic acid groups (broad SMARTS) is 1. The first-order chi connectivity index (χ1) is 16.3. The highest BCUT2D eigenvalue weighted by Crippen LogP contribution is 2.56. The molecule has 1 aliphatic carbocycles. The van der Waals surface area contributed by atoms with Crippen LogP contribution in [0.5, 0.6) is 0 Å². The lowest BCUT2D eigenvalue weighted by molar-refractivity contribution is 0.144. The number of benzene rings is 2. The third-order valence-corrected chi connectivity index (χ3v) is 8.96. The summed E-state index contributed by atoms with van der Waals surface area (Å²) < 4.78 is 0. The molecule has 0 radical (unpaired) electrons. The summed E-state index contributed by atoms with van der Waals surface area (Å²) in [6.07, 6.45) is 4.96. The number of piperidine rings is 1. The number of fused-ring (bicyclic) bond motifs is 1. The summed E-state index contributed by atoms with van der Waals surface area (Å²) in [5.74, 6) is 0.336. The Kier molecular flexibility index (Phi) is 6.07. The summed E-state index contributed by atoms with van der Waals surface area (Å²) in [6, 6.07) is 16.6. The predicted molar refractivity (Wildman–Crippen MR) is 139 cm³/mol. The van der Waals surface area contributed by atoms with E-state index >= 15 is 0 Å². The molecular weight excluding hydrogens is 466 g/mol. The summed E-state index contributed by atoms with van der Waals surface area (Å²) in [5.41, 5.74) is 3.51. The van der Waals surface area contributed by atoms with Crippen LogP contribution in [0.15, 0.2) is 54.7 Å². The van der Waals surface area contributed by atoms with Crippen LogP contribution >= 0.6 is 22.9 Å². The Hall–Kier alpha value is -2.57. The van der Waals surface area contributed by atoms with E-state index in [0.29, 0.717) is 5.92 Å². The van der Waals surface area contributed by atoms with E-state index < -0.39 is 11.6 Å². The number of aromatic nitrogens is 1. The lowest BCUT2D eigenvalue weighted by Crippen LogP contribution is -2.48. The van der Waals surface area contributed by atoms with Gasteiger partial charge in [-0.25, -0.2) is 9.78 Å². The van der Waals surface area contributed by atoms with Crippen LogP contribution in [0.25, 0.3) is 10.4 Å². The number of anilines is 1. The molecule has 7 heteroatoms. The van der Waals surface area contributed by atoms with Crippen LogP contribution in [0.1, 0.15) is 50.2 Å². The summed E-state index contributed by atoms with van der Waals surface area (Å²) in [7, 11) is 0. The van der Waals surface area contributed by atoms with Crippen LogP contribution in [0, 0.1) is 5.41 Å². The largest absolute Gasteiger partial charge is 0.465 e. The second-order valence-electron chi connectivity index (χ2n) is 10.3. The first-order valence-corrected chi connectivity index (χ1v) is 13.0. The van der Waals surface area contributed by atoms with E-state index in [-0.39, 0.29) is 5.41 Å². The first kappa shape index (κ1) is 23.2. The van der Waals surface area contributed by atoms with Gasteiger partial charge in [-0.1, -0.05) is 65.4 Å². The fourth-order valence-corrected chi connectivity index (χ4v) is 7.21. The van der Waals surface area contributed by atoms with Crippen molar-refractivity contribution in [1.29, 1.82) is 0 Å². The van der Waals surface area contributed by atoms with Crippen molar-refractivity contribution in [2.75, 3.05) is 18.0 Å². The molecular formula is C27H30ClN3O2S. The molecule has 1 saturated heterocycles. The minimum atomic E-state index is -0.960. The van der Waals surface area contributed by atoms with Gasteiger partial charge in [-0.15, -0.1) is 0 Å². The molecule has 1 fully saturated rings. The van der Waals surface area contributed by atoms with Crippen molar-refractivity contribution in [3.8, 4) is 10.4 Å². The van der Waals surface area contributed by atoms with Crippen molar-refractivity contribution in [3.63, 3.8) is 0 Å². The minimum absolute atomic E-state index is 0.153. The monoisotopic (exact) mass is 495 g/mol. The first-order valence-electron chi connectivity index (χ1n) is 11.8. The molecule has 0 saturated carbocycles. The lowest BCUT2D eigenvalue weighted by Gasteiger charge is -2.45. The van der Waals surface area contributed by atoms with Gasteiger partial charge in [-0.3, -0.25) is 0 Å². The van der Waals surface area contributed by atoms with Crippen molar-refractivity contribution >= 4 is 34.2 Å². The highest BCUT2D eigenvalue weighted by molar-refractivity contribution is 7.19. The number of nitrogens with zero attached hydrogens (tertiary/aromatic N) is 2. The fraction of sp³-hybridized carbons (Fsp3) is 0.407. The predicted octanol–water partition coefficient (Wildman–Crippen LogP) is 6.83. The molecule has 1 aliphatic heterocycles. The summed E-state index contributed by atoms with van der Waals surface area (Å²) in [6.45, 7) is 5.90. The number of nitrogens with one attached hydrogen (secondary N) is 1. The molecule has 2 heterocycles. The SMILES string of the molecule is CC(C)(C[C@@H]1c2ccccc2CC12CCN(c1ncc(-c3ccccc3Cl)s1)CC2)NC(=O)O. The number of amides is 1. The summed E-state index contributed by atoms with van der Waals surface area (Å²) in [5, 5.41) is 13.9. The standard InChI is InChI=1S/C27H30ClN3O2S/c1-26(2,30-25(32)33)16-21-19-8-4-3-7-18(19)15-27(21)11-13-31(14-12-27)24-29-17-23(34-24)20-9-5-6-10-22(20)28/h3-10,17,21,30H,11-16H2,1-2H3,(H,32,33)/t21-/m1/s1. The number of hydrogen-bond donors (Lipinski definition) is 2. The highest BCUT2D eigenvalue weighted by atomic mass is 35.5. The third kappa shape index (κ3) is 4.41. The Morgan fingerprint density at radius 3 is 2.65 bits per heavy atom. The molecule has 2 aromatic carbocycles. The van der Waals surface area contributed by atoms with Gasteiger partial charge in [0.15, 0.2) is 5.13 Å². The van der Waals surface area contributed by atoms with Gasteiger partial charge in [0, 0.05) is 35.4 Å². The van der Waals surface area contributed by atoms with E-state index in [1.165, 1.54) is 11.1 Å². The van der Waals surface area contributed by atoms with E-state index in [2.05, 4.69) is 34.5 Å². The zero-order valence-corrected chi connectivity index (χ0v) is 21.1. The molecule has 5 rings (SSSR count). The van der Waals surface area contributed by atoms with Crippen molar-refractivity contribution in [1.82, 2.24) is 10.3 Å². The maximum absolute atomic E-state index is 11.4. The number of rotatable bonds is 5. The molecule has 178 valence electrons. The van der Waals surface area contributed by atoms with E-state index in [0.717, 1.165) is 59.4 Å². The van der Waals surface area contributed by atoms with Gasteiger partial charge in [0.1, 0.15) is 0 Å². The van der Waals surface area contributed by atoms with E-state index in [1.54, 1.807) is 11.3 Å². The van der Waals surface area contributed by atoms with Gasteiger partial charge in [-0.05, 0) is 68.1 Å².